The van der Waals surface area contributed by atoms with Gasteiger partial charge in [-0.05, 0) is 60.2 Å². The summed E-state index contributed by atoms with van der Waals surface area (Å²) in [6.45, 7) is 0.630. The van der Waals surface area contributed by atoms with Gasteiger partial charge in [-0.15, -0.1) is 0 Å². The van der Waals surface area contributed by atoms with Crippen LogP contribution in [0.4, 0.5) is 17.1 Å². The molecule has 2 N–H and O–H groups in total. The number of hydrogen-bond acceptors (Lipinski definition) is 4. The standard InChI is InChI=1S/C21H25ClN4S/c1-26(2)17-6-7-18-19(13-17)25-21(8-10-27-11-9-21)20(24-18)23-14-15-4-3-5-16(22)12-15/h3-7,12-13,25H,8-11,14H2,1-2H3,(H,23,24). The van der Waals surface area contributed by atoms with Crippen molar-refractivity contribution < 1.29 is 0 Å². The molecule has 1 fully saturated rings. The fourth-order valence-electron chi connectivity index (χ4n) is 3.67. The zero-order valence-corrected chi connectivity index (χ0v) is 17.3. The van der Waals surface area contributed by atoms with Crippen molar-refractivity contribution in [2.45, 2.75) is 24.9 Å². The van der Waals surface area contributed by atoms with Gasteiger partial charge < -0.3 is 15.5 Å². The first-order chi connectivity index (χ1) is 13.1. The van der Waals surface area contributed by atoms with Gasteiger partial charge in [0, 0.05) is 24.8 Å². The Labute approximate surface area is 170 Å². The van der Waals surface area contributed by atoms with Gasteiger partial charge >= 0.3 is 0 Å². The van der Waals surface area contributed by atoms with Crippen LogP contribution < -0.4 is 15.5 Å². The molecular formula is C21H25ClN4S. The van der Waals surface area contributed by atoms with Crippen molar-refractivity contribution in [1.82, 2.24) is 0 Å². The second-order valence-electron chi connectivity index (χ2n) is 7.36. The highest BCUT2D eigenvalue weighted by molar-refractivity contribution is 7.99. The molecule has 0 atom stereocenters. The molecule has 0 amide bonds. The lowest BCUT2D eigenvalue weighted by Gasteiger charge is -2.44. The van der Waals surface area contributed by atoms with E-state index in [0.29, 0.717) is 6.54 Å². The minimum Gasteiger partial charge on any atom is -0.378 e. The minimum absolute atomic E-state index is 0.109. The third-order valence-electron chi connectivity index (χ3n) is 5.25. The SMILES string of the molecule is CN(C)c1ccc2c(c1)NC1(CCSCC1)C(=NCc1cccc(Cl)c1)N2. The highest BCUT2D eigenvalue weighted by Gasteiger charge is 2.41. The molecule has 0 aliphatic carbocycles. The average Bonchev–Trinajstić information content (AvgIpc) is 2.66. The Morgan fingerprint density at radius 3 is 2.67 bits per heavy atom. The number of halogens is 1. The number of thioether (sulfide) groups is 1. The van der Waals surface area contributed by atoms with Crippen molar-refractivity contribution in [2.24, 2.45) is 4.99 Å². The van der Waals surface area contributed by atoms with Crippen LogP contribution in [0.5, 0.6) is 0 Å². The Morgan fingerprint density at radius 2 is 1.93 bits per heavy atom. The van der Waals surface area contributed by atoms with Gasteiger partial charge in [0.05, 0.1) is 23.5 Å². The van der Waals surface area contributed by atoms with Crippen LogP contribution in [0.15, 0.2) is 47.5 Å². The molecule has 2 aliphatic rings. The maximum Gasteiger partial charge on any atom is 0.127 e. The van der Waals surface area contributed by atoms with Crippen LogP contribution in [-0.4, -0.2) is 37.0 Å². The maximum absolute atomic E-state index is 6.13. The number of fused-ring (bicyclic) bond motifs is 1. The van der Waals surface area contributed by atoms with Gasteiger partial charge in [0.15, 0.2) is 0 Å². The normalized spacial score (nSPS) is 19.3. The van der Waals surface area contributed by atoms with E-state index in [-0.39, 0.29) is 5.54 Å². The highest BCUT2D eigenvalue weighted by atomic mass is 35.5. The minimum atomic E-state index is -0.109. The molecular weight excluding hydrogens is 376 g/mol. The summed E-state index contributed by atoms with van der Waals surface area (Å²) in [6.07, 6.45) is 2.15. The number of aliphatic imine (C=N–C) groups is 1. The topological polar surface area (TPSA) is 39.7 Å². The molecule has 0 saturated carbocycles. The van der Waals surface area contributed by atoms with Gasteiger partial charge in [-0.2, -0.15) is 11.8 Å². The molecule has 2 aliphatic heterocycles. The molecule has 142 valence electrons. The molecule has 1 saturated heterocycles. The van der Waals surface area contributed by atoms with Gasteiger partial charge in [0.25, 0.3) is 0 Å². The number of amidine groups is 1. The van der Waals surface area contributed by atoms with E-state index in [0.717, 1.165) is 52.1 Å². The summed E-state index contributed by atoms with van der Waals surface area (Å²) in [5.41, 5.74) is 4.47. The zero-order chi connectivity index (χ0) is 18.9. The van der Waals surface area contributed by atoms with Gasteiger partial charge in [0.2, 0.25) is 0 Å². The average molecular weight is 401 g/mol. The highest BCUT2D eigenvalue weighted by Crippen LogP contribution is 2.40. The summed E-state index contributed by atoms with van der Waals surface area (Å²) in [5, 5.41) is 8.24. The van der Waals surface area contributed by atoms with Crippen molar-refractivity contribution in [3.8, 4) is 0 Å². The fourth-order valence-corrected chi connectivity index (χ4v) is 5.07. The number of nitrogens with zero attached hydrogens (tertiary/aromatic N) is 2. The first-order valence-electron chi connectivity index (χ1n) is 9.29. The van der Waals surface area contributed by atoms with E-state index in [2.05, 4.69) is 53.9 Å². The van der Waals surface area contributed by atoms with Crippen molar-refractivity contribution in [2.75, 3.05) is 41.1 Å². The smallest absolute Gasteiger partial charge is 0.127 e. The maximum atomic E-state index is 6.13. The van der Waals surface area contributed by atoms with Crippen LogP contribution in [0.2, 0.25) is 5.02 Å². The molecule has 0 bridgehead atoms. The molecule has 2 aromatic carbocycles. The number of anilines is 3. The van der Waals surface area contributed by atoms with Crippen LogP contribution in [0, 0.1) is 0 Å². The largest absolute Gasteiger partial charge is 0.378 e. The molecule has 2 aromatic rings. The van der Waals surface area contributed by atoms with Gasteiger partial charge in [-0.1, -0.05) is 23.7 Å². The van der Waals surface area contributed by atoms with E-state index in [4.69, 9.17) is 16.6 Å². The summed E-state index contributed by atoms with van der Waals surface area (Å²) in [7, 11) is 4.14. The number of rotatable bonds is 3. The van der Waals surface area contributed by atoms with E-state index in [1.165, 1.54) is 5.69 Å². The van der Waals surface area contributed by atoms with Crippen LogP contribution in [-0.2, 0) is 6.54 Å². The number of nitrogens with one attached hydrogen (secondary N) is 2. The Bertz CT molecular complexity index is 859. The predicted octanol–water partition coefficient (Wildman–Crippen LogP) is 5.11. The molecule has 6 heteroatoms. The third-order valence-corrected chi connectivity index (χ3v) is 6.48. The lowest BCUT2D eigenvalue weighted by Crippen LogP contribution is -2.54. The van der Waals surface area contributed by atoms with Crippen molar-refractivity contribution >= 4 is 46.3 Å². The van der Waals surface area contributed by atoms with E-state index >= 15 is 0 Å². The summed E-state index contributed by atoms with van der Waals surface area (Å²) < 4.78 is 0. The van der Waals surface area contributed by atoms with E-state index in [1.807, 2.05) is 30.0 Å². The van der Waals surface area contributed by atoms with Gasteiger partial charge in [-0.3, -0.25) is 4.99 Å². The zero-order valence-electron chi connectivity index (χ0n) is 15.8. The van der Waals surface area contributed by atoms with Crippen molar-refractivity contribution in [3.05, 3.63) is 53.1 Å². The summed E-state index contributed by atoms with van der Waals surface area (Å²) >= 11 is 8.15. The quantitative estimate of drug-likeness (QED) is 0.751. The van der Waals surface area contributed by atoms with Gasteiger partial charge in [0.1, 0.15) is 5.84 Å². The van der Waals surface area contributed by atoms with E-state index in [1.54, 1.807) is 0 Å². The molecule has 0 unspecified atom stereocenters. The molecule has 27 heavy (non-hydrogen) atoms. The molecule has 1 spiro atoms. The lowest BCUT2D eigenvalue weighted by atomic mass is 9.87. The summed E-state index contributed by atoms with van der Waals surface area (Å²) in [4.78, 5) is 7.13. The lowest BCUT2D eigenvalue weighted by molar-refractivity contribution is 0.560. The molecule has 2 heterocycles. The monoisotopic (exact) mass is 400 g/mol. The number of benzene rings is 2. The third kappa shape index (κ3) is 3.90. The van der Waals surface area contributed by atoms with Crippen LogP contribution in [0.1, 0.15) is 18.4 Å². The molecule has 0 radical (unpaired) electrons. The first-order valence-corrected chi connectivity index (χ1v) is 10.8. The second kappa shape index (κ2) is 7.64. The Balaban J connectivity index is 1.67. The molecule has 4 nitrogen and oxygen atoms in total. The predicted molar refractivity (Wildman–Crippen MR) is 120 cm³/mol. The fraction of sp³-hybridized carbons (Fsp3) is 0.381. The van der Waals surface area contributed by atoms with Crippen LogP contribution in [0.3, 0.4) is 0 Å². The van der Waals surface area contributed by atoms with Crippen LogP contribution in [0.25, 0.3) is 0 Å². The van der Waals surface area contributed by atoms with Gasteiger partial charge in [-0.25, -0.2) is 0 Å². The summed E-state index contributed by atoms with van der Waals surface area (Å²) in [6, 6.07) is 14.4. The van der Waals surface area contributed by atoms with E-state index < -0.39 is 0 Å². The summed E-state index contributed by atoms with van der Waals surface area (Å²) in [5.74, 6) is 3.34. The Kier molecular flexibility index (Phi) is 5.24. The Hall–Kier alpha value is -1.85. The van der Waals surface area contributed by atoms with Crippen molar-refractivity contribution in [1.29, 1.82) is 0 Å². The first kappa shape index (κ1) is 18.5. The van der Waals surface area contributed by atoms with E-state index in [9.17, 15) is 0 Å². The molecule has 0 aromatic heterocycles. The second-order valence-corrected chi connectivity index (χ2v) is 9.02. The Morgan fingerprint density at radius 1 is 1.11 bits per heavy atom. The molecule has 4 rings (SSSR count). The van der Waals surface area contributed by atoms with Crippen LogP contribution >= 0.6 is 23.4 Å². The van der Waals surface area contributed by atoms with Crippen molar-refractivity contribution in [3.63, 3.8) is 0 Å². The number of hydrogen-bond donors (Lipinski definition) is 2.